The zero-order chi connectivity index (χ0) is 22.0. The number of carbonyl (C=O) groups is 1. The second kappa shape index (κ2) is 8.92. The minimum Gasteiger partial charge on any atom is -0.371 e. The Kier molecular flexibility index (Phi) is 6.07. The van der Waals surface area contributed by atoms with Crippen LogP contribution in [-0.2, 0) is 6.54 Å². The van der Waals surface area contributed by atoms with Gasteiger partial charge in [-0.2, -0.15) is 0 Å². The van der Waals surface area contributed by atoms with Gasteiger partial charge in [-0.3, -0.25) is 4.79 Å². The van der Waals surface area contributed by atoms with Crippen LogP contribution in [0.4, 0.5) is 14.5 Å². The number of amides is 1. The fourth-order valence-corrected chi connectivity index (χ4v) is 4.29. The van der Waals surface area contributed by atoms with Crippen LogP contribution in [0.5, 0.6) is 0 Å². The van der Waals surface area contributed by atoms with E-state index in [9.17, 15) is 13.6 Å². The molecule has 1 fully saturated rings. The van der Waals surface area contributed by atoms with E-state index < -0.39 is 11.6 Å². The Hall–Kier alpha value is -3.15. The zero-order valence-electron chi connectivity index (χ0n) is 17.9. The summed E-state index contributed by atoms with van der Waals surface area (Å²) in [6.45, 7) is 6.75. The van der Waals surface area contributed by atoms with Crippen molar-refractivity contribution in [3.05, 3.63) is 88.7 Å². The first-order valence-electron chi connectivity index (χ1n) is 10.6. The van der Waals surface area contributed by atoms with Gasteiger partial charge < -0.3 is 14.8 Å². The average molecular weight is 424 g/mol. The summed E-state index contributed by atoms with van der Waals surface area (Å²) in [5, 5.41) is 3.07. The number of carbonyl (C=O) groups excluding carboxylic acids is 1. The molecule has 1 N–H and O–H groups in total. The molecule has 1 unspecified atom stereocenters. The fraction of sp³-hybridized carbons (Fsp3) is 0.320. The molecule has 31 heavy (non-hydrogen) atoms. The molecule has 1 amide bonds. The second-order valence-corrected chi connectivity index (χ2v) is 8.27. The van der Waals surface area contributed by atoms with Gasteiger partial charge >= 0.3 is 0 Å². The van der Waals surface area contributed by atoms with Gasteiger partial charge in [-0.1, -0.05) is 30.3 Å². The van der Waals surface area contributed by atoms with Crippen LogP contribution in [-0.4, -0.2) is 30.1 Å². The molecular weight excluding hydrogens is 396 g/mol. The summed E-state index contributed by atoms with van der Waals surface area (Å²) in [6, 6.07) is 16.1. The van der Waals surface area contributed by atoms with Crippen LogP contribution in [0.3, 0.4) is 0 Å². The summed E-state index contributed by atoms with van der Waals surface area (Å²) >= 11 is 0. The Morgan fingerprint density at radius 3 is 2.58 bits per heavy atom. The van der Waals surface area contributed by atoms with E-state index >= 15 is 0 Å². The van der Waals surface area contributed by atoms with Gasteiger partial charge in [-0.25, -0.2) is 8.78 Å². The van der Waals surface area contributed by atoms with Crippen molar-refractivity contribution in [1.82, 2.24) is 9.88 Å². The number of nitrogens with one attached hydrogen (secondary N) is 1. The highest BCUT2D eigenvalue weighted by atomic mass is 19.2. The van der Waals surface area contributed by atoms with Gasteiger partial charge in [0.1, 0.15) is 0 Å². The van der Waals surface area contributed by atoms with Gasteiger partial charge in [0.05, 0.1) is 5.56 Å². The van der Waals surface area contributed by atoms with Crippen molar-refractivity contribution in [2.24, 2.45) is 5.92 Å². The molecular formula is C25H27F2N3O. The summed E-state index contributed by atoms with van der Waals surface area (Å²) < 4.78 is 28.9. The number of halogens is 2. The highest BCUT2D eigenvalue weighted by molar-refractivity contribution is 5.95. The molecule has 2 heterocycles. The van der Waals surface area contributed by atoms with Crippen LogP contribution >= 0.6 is 0 Å². The normalized spacial score (nSPS) is 16.0. The van der Waals surface area contributed by atoms with Crippen LogP contribution in [0.25, 0.3) is 0 Å². The first-order chi connectivity index (χ1) is 14.9. The smallest absolute Gasteiger partial charge is 0.253 e. The van der Waals surface area contributed by atoms with Crippen molar-refractivity contribution in [2.45, 2.75) is 26.8 Å². The maximum atomic E-state index is 13.5. The van der Waals surface area contributed by atoms with Gasteiger partial charge in [0.2, 0.25) is 0 Å². The minimum atomic E-state index is -0.836. The molecule has 4 nitrogen and oxygen atoms in total. The second-order valence-electron chi connectivity index (χ2n) is 8.27. The van der Waals surface area contributed by atoms with Crippen molar-refractivity contribution < 1.29 is 13.6 Å². The molecule has 6 heteroatoms. The third-order valence-corrected chi connectivity index (χ3v) is 6.11. The third-order valence-electron chi connectivity index (χ3n) is 6.11. The number of nitrogens with zero attached hydrogens (tertiary/aromatic N) is 2. The molecule has 3 aromatic rings. The number of hydrogen-bond acceptors (Lipinski definition) is 2. The molecule has 4 rings (SSSR count). The molecule has 1 aliphatic heterocycles. The summed E-state index contributed by atoms with van der Waals surface area (Å²) in [5.41, 5.74) is 4.58. The van der Waals surface area contributed by atoms with Gasteiger partial charge in [0, 0.05) is 49.3 Å². The highest BCUT2D eigenvalue weighted by Gasteiger charge is 2.24. The molecule has 1 aromatic heterocycles. The Balaban J connectivity index is 1.36. The van der Waals surface area contributed by atoms with Gasteiger partial charge in [0.25, 0.3) is 5.91 Å². The van der Waals surface area contributed by atoms with Crippen molar-refractivity contribution in [1.29, 1.82) is 0 Å². The monoisotopic (exact) mass is 423 g/mol. The maximum absolute atomic E-state index is 13.5. The zero-order valence-corrected chi connectivity index (χ0v) is 17.9. The average Bonchev–Trinajstić information content (AvgIpc) is 3.35. The summed E-state index contributed by atoms with van der Waals surface area (Å²) in [6.07, 6.45) is 0.895. The fourth-order valence-electron chi connectivity index (χ4n) is 4.29. The standard InChI is InChI=1S/C25H27F2N3O/c1-17-12-22(18(2)30(17)16-19-6-4-3-5-7-19)25(31)28-14-20-10-11-29(15-20)21-8-9-23(26)24(27)13-21/h3-9,12-13,20H,10-11,14-16H2,1-2H3,(H,28,31). The van der Waals surface area contributed by atoms with Crippen molar-refractivity contribution >= 4 is 11.6 Å². The summed E-state index contributed by atoms with van der Waals surface area (Å²) in [4.78, 5) is 14.9. The van der Waals surface area contributed by atoms with Crippen LogP contribution in [0.15, 0.2) is 54.6 Å². The number of hydrogen-bond donors (Lipinski definition) is 1. The predicted molar refractivity (Wildman–Crippen MR) is 118 cm³/mol. The van der Waals surface area contributed by atoms with Gasteiger partial charge in [-0.15, -0.1) is 0 Å². The molecule has 0 aliphatic carbocycles. The van der Waals surface area contributed by atoms with E-state index in [-0.39, 0.29) is 11.8 Å². The predicted octanol–water partition coefficient (Wildman–Crippen LogP) is 4.69. The molecule has 0 saturated carbocycles. The van der Waals surface area contributed by atoms with Crippen LogP contribution in [0.1, 0.15) is 33.7 Å². The van der Waals surface area contributed by atoms with Crippen LogP contribution < -0.4 is 10.2 Å². The lowest BCUT2D eigenvalue weighted by molar-refractivity contribution is 0.0947. The van der Waals surface area contributed by atoms with Crippen molar-refractivity contribution in [3.63, 3.8) is 0 Å². The minimum absolute atomic E-state index is 0.0707. The lowest BCUT2D eigenvalue weighted by Crippen LogP contribution is -2.31. The largest absolute Gasteiger partial charge is 0.371 e. The topological polar surface area (TPSA) is 37.3 Å². The van der Waals surface area contributed by atoms with E-state index in [1.807, 2.05) is 43.0 Å². The quantitative estimate of drug-likeness (QED) is 0.625. The third kappa shape index (κ3) is 4.63. The van der Waals surface area contributed by atoms with E-state index in [4.69, 9.17) is 0 Å². The highest BCUT2D eigenvalue weighted by Crippen LogP contribution is 2.25. The molecule has 2 aromatic carbocycles. The van der Waals surface area contributed by atoms with Crippen LogP contribution in [0, 0.1) is 31.4 Å². The van der Waals surface area contributed by atoms with E-state index in [1.54, 1.807) is 6.07 Å². The number of aryl methyl sites for hydroxylation is 1. The van der Waals surface area contributed by atoms with E-state index in [2.05, 4.69) is 22.0 Å². The first-order valence-corrected chi connectivity index (χ1v) is 10.6. The molecule has 1 aliphatic rings. The molecule has 0 bridgehead atoms. The Morgan fingerprint density at radius 1 is 1.06 bits per heavy atom. The van der Waals surface area contributed by atoms with Crippen LogP contribution in [0.2, 0.25) is 0 Å². The maximum Gasteiger partial charge on any atom is 0.253 e. The summed E-state index contributed by atoms with van der Waals surface area (Å²) in [5.74, 6) is -1.47. The summed E-state index contributed by atoms with van der Waals surface area (Å²) in [7, 11) is 0. The van der Waals surface area contributed by atoms with E-state index in [0.717, 1.165) is 37.0 Å². The van der Waals surface area contributed by atoms with Gasteiger partial charge in [-0.05, 0) is 49.9 Å². The Labute approximate surface area is 181 Å². The van der Waals surface area contributed by atoms with Crippen molar-refractivity contribution in [3.8, 4) is 0 Å². The Bertz CT molecular complexity index is 1080. The number of benzene rings is 2. The van der Waals surface area contributed by atoms with E-state index in [0.29, 0.717) is 24.3 Å². The lowest BCUT2D eigenvalue weighted by Gasteiger charge is -2.19. The Morgan fingerprint density at radius 2 is 1.84 bits per heavy atom. The molecule has 1 saturated heterocycles. The van der Waals surface area contributed by atoms with E-state index in [1.165, 1.54) is 11.6 Å². The first kappa shape index (κ1) is 21.1. The lowest BCUT2D eigenvalue weighted by atomic mass is 10.1. The van der Waals surface area contributed by atoms with Gasteiger partial charge in [0.15, 0.2) is 11.6 Å². The number of aromatic nitrogens is 1. The van der Waals surface area contributed by atoms with Crippen molar-refractivity contribution in [2.75, 3.05) is 24.5 Å². The molecule has 162 valence electrons. The number of rotatable bonds is 6. The number of anilines is 1. The molecule has 1 atom stereocenters. The molecule has 0 spiro atoms. The SMILES string of the molecule is Cc1cc(C(=O)NCC2CCN(c3ccc(F)c(F)c3)C2)c(C)n1Cc1ccccc1. The molecule has 0 radical (unpaired) electrons.